The molecule has 0 atom stereocenters. The lowest BCUT2D eigenvalue weighted by atomic mass is 10.1. The first-order valence-corrected chi connectivity index (χ1v) is 7.77. The van der Waals surface area contributed by atoms with E-state index in [0.29, 0.717) is 0 Å². The van der Waals surface area contributed by atoms with Gasteiger partial charge in [-0.15, -0.1) is 0 Å². The second kappa shape index (κ2) is 8.04. The van der Waals surface area contributed by atoms with Crippen LogP contribution in [0.4, 0.5) is 11.6 Å². The summed E-state index contributed by atoms with van der Waals surface area (Å²) in [4.78, 5) is 11.3. The molecule has 112 valence electrons. The van der Waals surface area contributed by atoms with Crippen molar-refractivity contribution in [3.05, 3.63) is 11.9 Å². The van der Waals surface area contributed by atoms with Crippen molar-refractivity contribution in [3.8, 4) is 0 Å². The molecule has 0 aromatic carbocycles. The predicted molar refractivity (Wildman–Crippen MR) is 82.5 cm³/mol. The van der Waals surface area contributed by atoms with Crippen LogP contribution in [0, 0.1) is 0 Å². The van der Waals surface area contributed by atoms with Gasteiger partial charge in [-0.25, -0.2) is 9.97 Å². The average molecular weight is 278 g/mol. The van der Waals surface area contributed by atoms with Gasteiger partial charge in [0.25, 0.3) is 0 Å². The highest BCUT2D eigenvalue weighted by molar-refractivity contribution is 5.59. The molecule has 1 aromatic heterocycles. The number of aromatic nitrogens is 2. The Hall–Kier alpha value is -1.36. The molecule has 1 aromatic rings. The molecule has 1 saturated heterocycles. The first kappa shape index (κ1) is 15.0. The zero-order valence-corrected chi connectivity index (χ0v) is 12.7. The molecule has 0 radical (unpaired) electrons. The molecule has 20 heavy (non-hydrogen) atoms. The summed E-state index contributed by atoms with van der Waals surface area (Å²) in [6.07, 6.45) is 5.96. The monoisotopic (exact) mass is 278 g/mol. The van der Waals surface area contributed by atoms with Crippen LogP contribution in [0.3, 0.4) is 0 Å². The fourth-order valence-corrected chi connectivity index (χ4v) is 2.51. The third kappa shape index (κ3) is 3.82. The molecule has 0 spiro atoms. The van der Waals surface area contributed by atoms with Crippen molar-refractivity contribution in [1.29, 1.82) is 0 Å². The second-order valence-corrected chi connectivity index (χ2v) is 5.15. The molecule has 0 amide bonds. The van der Waals surface area contributed by atoms with Crippen molar-refractivity contribution in [1.82, 2.24) is 9.97 Å². The number of nitrogens with one attached hydrogen (secondary N) is 1. The van der Waals surface area contributed by atoms with Crippen LogP contribution in [-0.2, 0) is 11.2 Å². The van der Waals surface area contributed by atoms with Crippen LogP contribution in [0.2, 0.25) is 0 Å². The topological polar surface area (TPSA) is 50.3 Å². The highest BCUT2D eigenvalue weighted by atomic mass is 16.5. The van der Waals surface area contributed by atoms with Gasteiger partial charge in [-0.05, 0) is 19.3 Å². The van der Waals surface area contributed by atoms with Gasteiger partial charge in [0, 0.05) is 31.8 Å². The Morgan fingerprint density at radius 3 is 2.90 bits per heavy atom. The Morgan fingerprint density at radius 1 is 1.20 bits per heavy atom. The van der Waals surface area contributed by atoms with E-state index in [2.05, 4.69) is 34.0 Å². The molecule has 0 saturated carbocycles. The Balaban J connectivity index is 2.24. The largest absolute Gasteiger partial charge is 0.380 e. The van der Waals surface area contributed by atoms with E-state index in [1.165, 1.54) is 5.56 Å². The Bertz CT molecular complexity index is 403. The summed E-state index contributed by atoms with van der Waals surface area (Å²) in [5.41, 5.74) is 1.25. The standard InChI is InChI=1S/C15H26N4O/c1-3-6-13-14(16-7-4-2)17-12-18-15(13)19-8-5-10-20-11-9-19/h12H,3-11H2,1-2H3,(H,16,17,18). The quantitative estimate of drug-likeness (QED) is 0.866. The minimum absolute atomic E-state index is 0.785. The zero-order valence-electron chi connectivity index (χ0n) is 12.7. The molecule has 5 nitrogen and oxygen atoms in total. The van der Waals surface area contributed by atoms with Gasteiger partial charge in [-0.1, -0.05) is 20.3 Å². The fraction of sp³-hybridized carbons (Fsp3) is 0.733. The summed E-state index contributed by atoms with van der Waals surface area (Å²) >= 11 is 0. The van der Waals surface area contributed by atoms with Gasteiger partial charge in [-0.3, -0.25) is 0 Å². The summed E-state index contributed by atoms with van der Waals surface area (Å²) in [6, 6.07) is 0. The lowest BCUT2D eigenvalue weighted by molar-refractivity contribution is 0.152. The Kier molecular flexibility index (Phi) is 6.05. The second-order valence-electron chi connectivity index (χ2n) is 5.15. The van der Waals surface area contributed by atoms with E-state index < -0.39 is 0 Å². The van der Waals surface area contributed by atoms with Crippen molar-refractivity contribution < 1.29 is 4.74 Å². The van der Waals surface area contributed by atoms with Crippen LogP contribution >= 0.6 is 0 Å². The van der Waals surface area contributed by atoms with Crippen molar-refractivity contribution in [2.45, 2.75) is 39.5 Å². The lowest BCUT2D eigenvalue weighted by Gasteiger charge is -2.24. The minimum atomic E-state index is 0.785. The van der Waals surface area contributed by atoms with Crippen molar-refractivity contribution >= 4 is 11.6 Å². The van der Waals surface area contributed by atoms with E-state index in [-0.39, 0.29) is 0 Å². The Morgan fingerprint density at radius 2 is 2.10 bits per heavy atom. The number of nitrogens with zero attached hydrogens (tertiary/aromatic N) is 3. The third-order valence-corrected chi connectivity index (χ3v) is 3.49. The van der Waals surface area contributed by atoms with Crippen molar-refractivity contribution in [2.24, 2.45) is 0 Å². The van der Waals surface area contributed by atoms with E-state index in [4.69, 9.17) is 4.74 Å². The molecule has 2 heterocycles. The van der Waals surface area contributed by atoms with E-state index in [9.17, 15) is 0 Å². The van der Waals surface area contributed by atoms with Gasteiger partial charge in [0.15, 0.2) is 0 Å². The van der Waals surface area contributed by atoms with Crippen LogP contribution in [0.15, 0.2) is 6.33 Å². The minimum Gasteiger partial charge on any atom is -0.380 e. The number of anilines is 2. The van der Waals surface area contributed by atoms with Crippen molar-refractivity contribution in [3.63, 3.8) is 0 Å². The maximum Gasteiger partial charge on any atom is 0.137 e. The maximum absolute atomic E-state index is 5.54. The van der Waals surface area contributed by atoms with Crippen LogP contribution in [-0.4, -0.2) is 42.8 Å². The summed E-state index contributed by atoms with van der Waals surface area (Å²) < 4.78 is 5.54. The SMILES string of the molecule is CCCNc1ncnc(N2CCCOCC2)c1CCC. The van der Waals surface area contributed by atoms with Crippen LogP contribution in [0.5, 0.6) is 0 Å². The lowest BCUT2D eigenvalue weighted by Crippen LogP contribution is -2.28. The first-order chi connectivity index (χ1) is 9.86. The van der Waals surface area contributed by atoms with Gasteiger partial charge >= 0.3 is 0 Å². The molecule has 1 aliphatic heterocycles. The first-order valence-electron chi connectivity index (χ1n) is 7.77. The molecule has 0 unspecified atom stereocenters. The van der Waals surface area contributed by atoms with Gasteiger partial charge < -0.3 is 15.0 Å². The highest BCUT2D eigenvalue weighted by Crippen LogP contribution is 2.25. The fourth-order valence-electron chi connectivity index (χ4n) is 2.51. The molecule has 0 aliphatic carbocycles. The highest BCUT2D eigenvalue weighted by Gasteiger charge is 2.18. The average Bonchev–Trinajstić information content (AvgIpc) is 2.75. The molecular weight excluding hydrogens is 252 g/mol. The number of hydrogen-bond acceptors (Lipinski definition) is 5. The summed E-state index contributed by atoms with van der Waals surface area (Å²) in [6.45, 7) is 8.89. The van der Waals surface area contributed by atoms with Gasteiger partial charge in [0.1, 0.15) is 18.0 Å². The van der Waals surface area contributed by atoms with Gasteiger partial charge in [0.2, 0.25) is 0 Å². The molecule has 5 heteroatoms. The Labute approximate surface area is 121 Å². The van der Waals surface area contributed by atoms with E-state index in [1.807, 2.05) is 0 Å². The molecule has 1 fully saturated rings. The third-order valence-electron chi connectivity index (χ3n) is 3.49. The zero-order chi connectivity index (χ0) is 14.2. The van der Waals surface area contributed by atoms with E-state index >= 15 is 0 Å². The summed E-state index contributed by atoms with van der Waals surface area (Å²) in [5, 5.41) is 3.43. The number of rotatable bonds is 6. The predicted octanol–water partition coefficient (Wildman–Crippen LogP) is 2.48. The van der Waals surface area contributed by atoms with Gasteiger partial charge in [-0.2, -0.15) is 0 Å². The summed E-state index contributed by atoms with van der Waals surface area (Å²) in [7, 11) is 0. The van der Waals surface area contributed by atoms with Gasteiger partial charge in [0.05, 0.1) is 6.61 Å². The van der Waals surface area contributed by atoms with Crippen LogP contribution in [0.25, 0.3) is 0 Å². The molecule has 2 rings (SSSR count). The number of hydrogen-bond donors (Lipinski definition) is 1. The normalized spacial score (nSPS) is 16.0. The van der Waals surface area contributed by atoms with E-state index in [1.54, 1.807) is 6.33 Å². The molecule has 1 N–H and O–H groups in total. The molecule has 0 bridgehead atoms. The molecule has 1 aliphatic rings. The smallest absolute Gasteiger partial charge is 0.137 e. The molecular formula is C15H26N4O. The van der Waals surface area contributed by atoms with Crippen LogP contribution < -0.4 is 10.2 Å². The van der Waals surface area contributed by atoms with Crippen molar-refractivity contribution in [2.75, 3.05) is 43.1 Å². The van der Waals surface area contributed by atoms with E-state index in [0.717, 1.165) is 70.2 Å². The maximum atomic E-state index is 5.54. The van der Waals surface area contributed by atoms with Crippen LogP contribution in [0.1, 0.15) is 38.7 Å². The number of ether oxygens (including phenoxy) is 1. The summed E-state index contributed by atoms with van der Waals surface area (Å²) in [5.74, 6) is 2.09.